The van der Waals surface area contributed by atoms with E-state index in [0.717, 1.165) is 10.4 Å². The van der Waals surface area contributed by atoms with Crippen molar-refractivity contribution in [3.05, 3.63) is 24.1 Å². The van der Waals surface area contributed by atoms with E-state index in [2.05, 4.69) is 10.3 Å². The number of halogens is 1. The lowest BCUT2D eigenvalue weighted by molar-refractivity contribution is -0.124. The Morgan fingerprint density at radius 2 is 2.21 bits per heavy atom. The monoisotopic (exact) mass is 289 g/mol. The van der Waals surface area contributed by atoms with Crippen molar-refractivity contribution in [3.8, 4) is 0 Å². The van der Waals surface area contributed by atoms with Crippen molar-refractivity contribution in [3.63, 3.8) is 0 Å². The number of nitrogens with one attached hydrogen (secondary N) is 1. The van der Waals surface area contributed by atoms with Crippen LogP contribution in [-0.4, -0.2) is 44.3 Å². The maximum atomic E-state index is 13.5. The molecule has 0 radical (unpaired) electrons. The topological polar surface area (TPSA) is 79.4 Å². The third-order valence-electron chi connectivity index (χ3n) is 2.60. The maximum Gasteiger partial charge on any atom is 0.263 e. The van der Waals surface area contributed by atoms with Crippen LogP contribution in [0.15, 0.2) is 23.4 Å². The van der Waals surface area contributed by atoms with Crippen molar-refractivity contribution >= 4 is 15.9 Å². The number of carbonyl (C=O) groups is 1. The number of carbonyl (C=O) groups excluding carboxylic acids is 1. The number of rotatable bonds is 5. The first-order valence-corrected chi connectivity index (χ1v) is 7.03. The van der Waals surface area contributed by atoms with Gasteiger partial charge in [-0.1, -0.05) is 6.92 Å². The summed E-state index contributed by atoms with van der Waals surface area (Å²) >= 11 is 0. The molecule has 0 aromatic carbocycles. The van der Waals surface area contributed by atoms with Crippen LogP contribution in [0, 0.1) is 11.7 Å². The Hall–Kier alpha value is -1.54. The molecule has 0 bridgehead atoms. The van der Waals surface area contributed by atoms with E-state index >= 15 is 0 Å². The number of nitrogens with zero attached hydrogens (tertiary/aromatic N) is 2. The van der Waals surface area contributed by atoms with Crippen LogP contribution in [0.25, 0.3) is 0 Å². The largest absolute Gasteiger partial charge is 0.359 e. The van der Waals surface area contributed by atoms with Crippen LogP contribution >= 0.6 is 0 Å². The van der Waals surface area contributed by atoms with Gasteiger partial charge < -0.3 is 5.32 Å². The van der Waals surface area contributed by atoms with Crippen molar-refractivity contribution in [2.45, 2.75) is 11.9 Å². The molecule has 0 aliphatic heterocycles. The Balaban J connectivity index is 2.96. The number of hydrogen-bond acceptors (Lipinski definition) is 4. The lowest BCUT2D eigenvalue weighted by Crippen LogP contribution is -2.37. The second-order valence-corrected chi connectivity index (χ2v) is 6.05. The molecule has 0 aliphatic rings. The molecule has 1 amide bonds. The molecule has 1 N–H and O–H groups in total. The Kier molecular flexibility index (Phi) is 4.96. The van der Waals surface area contributed by atoms with E-state index in [-0.39, 0.29) is 12.5 Å². The van der Waals surface area contributed by atoms with E-state index in [1.807, 2.05) is 0 Å². The molecular formula is C11H16FN3O3S. The third kappa shape index (κ3) is 3.48. The molecule has 1 aromatic heterocycles. The molecule has 0 saturated carbocycles. The fourth-order valence-electron chi connectivity index (χ4n) is 1.52. The van der Waals surface area contributed by atoms with Crippen LogP contribution in [-0.2, 0) is 14.8 Å². The van der Waals surface area contributed by atoms with E-state index in [1.165, 1.54) is 26.4 Å². The van der Waals surface area contributed by atoms with Crippen LogP contribution in [0.5, 0.6) is 0 Å². The Bertz CT molecular complexity index is 562. The lowest BCUT2D eigenvalue weighted by atomic mass is 10.2. The zero-order valence-corrected chi connectivity index (χ0v) is 11.7. The first kappa shape index (κ1) is 15.5. The fourth-order valence-corrected chi connectivity index (χ4v) is 2.75. The summed E-state index contributed by atoms with van der Waals surface area (Å²) in [5.74, 6) is -1.75. The van der Waals surface area contributed by atoms with Crippen molar-refractivity contribution in [2.75, 3.05) is 20.6 Å². The molecule has 1 rings (SSSR count). The van der Waals surface area contributed by atoms with Crippen molar-refractivity contribution in [1.82, 2.24) is 14.6 Å². The molecule has 1 atom stereocenters. The minimum atomic E-state index is -4.04. The molecule has 0 spiro atoms. The molecule has 1 unspecified atom stereocenters. The highest BCUT2D eigenvalue weighted by Gasteiger charge is 2.28. The van der Waals surface area contributed by atoms with Gasteiger partial charge in [-0.2, -0.15) is 4.31 Å². The van der Waals surface area contributed by atoms with Crippen molar-refractivity contribution in [2.24, 2.45) is 5.92 Å². The van der Waals surface area contributed by atoms with Gasteiger partial charge in [0, 0.05) is 32.8 Å². The summed E-state index contributed by atoms with van der Waals surface area (Å²) in [6, 6.07) is 2.33. The first-order chi connectivity index (χ1) is 8.80. The van der Waals surface area contributed by atoms with Gasteiger partial charge in [0.1, 0.15) is 0 Å². The second-order valence-electron chi connectivity index (χ2n) is 4.09. The van der Waals surface area contributed by atoms with Gasteiger partial charge in [0.05, 0.1) is 0 Å². The zero-order valence-electron chi connectivity index (χ0n) is 10.9. The number of pyridine rings is 1. The normalized spacial score (nSPS) is 13.3. The third-order valence-corrected chi connectivity index (χ3v) is 4.36. The van der Waals surface area contributed by atoms with Gasteiger partial charge in [-0.3, -0.25) is 4.79 Å². The smallest absolute Gasteiger partial charge is 0.263 e. The summed E-state index contributed by atoms with van der Waals surface area (Å²) in [5, 5.41) is 1.79. The lowest BCUT2D eigenvalue weighted by Gasteiger charge is -2.20. The molecule has 8 heteroatoms. The average molecular weight is 289 g/mol. The summed E-state index contributed by atoms with van der Waals surface area (Å²) in [5.41, 5.74) is 0. The molecule has 0 aliphatic carbocycles. The quantitative estimate of drug-likeness (QED) is 0.841. The highest BCUT2D eigenvalue weighted by Crippen LogP contribution is 2.16. The van der Waals surface area contributed by atoms with Gasteiger partial charge in [-0.05, 0) is 12.1 Å². The van der Waals surface area contributed by atoms with Gasteiger partial charge >= 0.3 is 0 Å². The van der Waals surface area contributed by atoms with E-state index in [0.29, 0.717) is 0 Å². The number of sulfonamides is 1. The van der Waals surface area contributed by atoms with Crippen LogP contribution < -0.4 is 5.32 Å². The summed E-state index contributed by atoms with van der Waals surface area (Å²) in [4.78, 5) is 14.9. The predicted octanol–water partition coefficient (Wildman–Crippen LogP) is 0.223. The molecule has 19 heavy (non-hydrogen) atoms. The van der Waals surface area contributed by atoms with Gasteiger partial charge in [0.2, 0.25) is 10.9 Å². The van der Waals surface area contributed by atoms with Crippen molar-refractivity contribution in [1.29, 1.82) is 0 Å². The van der Waals surface area contributed by atoms with Gasteiger partial charge in [-0.25, -0.2) is 17.8 Å². The summed E-state index contributed by atoms with van der Waals surface area (Å²) < 4.78 is 38.6. The van der Waals surface area contributed by atoms with Crippen LogP contribution in [0.2, 0.25) is 0 Å². The number of amides is 1. The minimum Gasteiger partial charge on any atom is -0.359 e. The molecule has 106 valence electrons. The number of aromatic nitrogens is 1. The maximum absolute atomic E-state index is 13.5. The second kappa shape index (κ2) is 6.07. The van der Waals surface area contributed by atoms with Crippen LogP contribution in [0.3, 0.4) is 0 Å². The number of hydrogen-bond donors (Lipinski definition) is 1. The SMILES string of the molecule is CNC(=O)C(C)CN(C)S(=O)(=O)c1ncccc1F. The molecule has 1 heterocycles. The van der Waals surface area contributed by atoms with E-state index < -0.39 is 26.8 Å². The van der Waals surface area contributed by atoms with Gasteiger partial charge in [-0.15, -0.1) is 0 Å². The van der Waals surface area contributed by atoms with Gasteiger partial charge in [0.25, 0.3) is 10.0 Å². The molecule has 0 saturated heterocycles. The molecule has 1 aromatic rings. The highest BCUT2D eigenvalue weighted by molar-refractivity contribution is 7.89. The Morgan fingerprint density at radius 3 is 2.74 bits per heavy atom. The Labute approximate surface area is 111 Å². The first-order valence-electron chi connectivity index (χ1n) is 5.59. The summed E-state index contributed by atoms with van der Waals surface area (Å²) in [6.45, 7) is 1.53. The highest BCUT2D eigenvalue weighted by atomic mass is 32.2. The van der Waals surface area contributed by atoms with E-state index in [9.17, 15) is 17.6 Å². The zero-order chi connectivity index (χ0) is 14.6. The fraction of sp³-hybridized carbons (Fsp3) is 0.455. The summed E-state index contributed by atoms with van der Waals surface area (Å²) in [7, 11) is -1.29. The Morgan fingerprint density at radius 1 is 1.58 bits per heavy atom. The standard InChI is InChI=1S/C11H16FN3O3S/c1-8(10(16)13-2)7-15(3)19(17,18)11-9(12)5-4-6-14-11/h4-6,8H,7H2,1-3H3,(H,13,16). The molecule has 0 fully saturated rings. The summed E-state index contributed by atoms with van der Waals surface area (Å²) in [6.07, 6.45) is 1.20. The van der Waals surface area contributed by atoms with Crippen LogP contribution in [0.4, 0.5) is 4.39 Å². The molecular weight excluding hydrogens is 273 g/mol. The van der Waals surface area contributed by atoms with Crippen molar-refractivity contribution < 1.29 is 17.6 Å². The van der Waals surface area contributed by atoms with Gasteiger partial charge in [0.15, 0.2) is 5.82 Å². The average Bonchev–Trinajstić information content (AvgIpc) is 2.37. The van der Waals surface area contributed by atoms with Crippen LogP contribution in [0.1, 0.15) is 6.92 Å². The van der Waals surface area contributed by atoms with E-state index in [4.69, 9.17) is 0 Å². The predicted molar refractivity (Wildman–Crippen MR) is 67.2 cm³/mol. The molecule has 6 nitrogen and oxygen atoms in total. The minimum absolute atomic E-state index is 0.0575. The van der Waals surface area contributed by atoms with E-state index in [1.54, 1.807) is 6.92 Å².